The fourth-order valence-corrected chi connectivity index (χ4v) is 5.02. The van der Waals surface area contributed by atoms with E-state index in [4.69, 9.17) is 19.9 Å². The van der Waals surface area contributed by atoms with Gasteiger partial charge in [0.1, 0.15) is 11.5 Å². The predicted molar refractivity (Wildman–Crippen MR) is 174 cm³/mol. The Bertz CT molecular complexity index is 1430. The average Bonchev–Trinajstić information content (AvgIpc) is 3.08. The monoisotopic (exact) mass is 728 g/mol. The third-order valence-electron chi connectivity index (χ3n) is 6.85. The zero-order chi connectivity index (χ0) is 34.2. The van der Waals surface area contributed by atoms with Gasteiger partial charge in [0, 0.05) is 39.3 Å². The highest BCUT2D eigenvalue weighted by Gasteiger charge is 2.25. The summed E-state index contributed by atoms with van der Waals surface area (Å²) in [6.45, 7) is 8.84. The number of hydrogen-bond acceptors (Lipinski definition) is 11. The molecule has 0 atom stereocenters. The lowest BCUT2D eigenvalue weighted by atomic mass is 10.2. The SMILES string of the molecule is C1COCCN1.Nc1c(F)cccc1N1CCOCC1.O=[N+]([O-])c1c(F)cccc1Br.O=[N+]([O-])c1c(F)cccc1N1CCOCC1. The molecular weight excluding hydrogens is 693 g/mol. The van der Waals surface area contributed by atoms with Gasteiger partial charge >= 0.3 is 11.4 Å². The van der Waals surface area contributed by atoms with Crippen LogP contribution in [-0.2, 0) is 14.2 Å². The Morgan fingerprint density at radius 3 is 1.51 bits per heavy atom. The maximum atomic E-state index is 13.4. The lowest BCUT2D eigenvalue weighted by Gasteiger charge is -2.29. The topological polar surface area (TPSA) is 158 Å². The summed E-state index contributed by atoms with van der Waals surface area (Å²) in [6.07, 6.45) is 0. The number of nitro groups is 2. The van der Waals surface area contributed by atoms with Crippen molar-refractivity contribution in [3.8, 4) is 0 Å². The van der Waals surface area contributed by atoms with Gasteiger partial charge in [0.25, 0.3) is 0 Å². The van der Waals surface area contributed by atoms with Crippen LogP contribution < -0.4 is 20.9 Å². The molecule has 0 saturated carbocycles. The molecule has 3 heterocycles. The molecule has 47 heavy (non-hydrogen) atoms. The van der Waals surface area contributed by atoms with Crippen LogP contribution in [-0.4, -0.2) is 88.8 Å². The second kappa shape index (κ2) is 19.6. The molecular formula is C30H36BrF3N6O7. The molecule has 13 nitrogen and oxygen atoms in total. The van der Waals surface area contributed by atoms with Crippen LogP contribution in [0.15, 0.2) is 59.1 Å². The van der Waals surface area contributed by atoms with Gasteiger partial charge < -0.3 is 35.1 Å². The molecule has 3 fully saturated rings. The minimum Gasteiger partial charge on any atom is -0.395 e. The van der Waals surface area contributed by atoms with Crippen LogP contribution >= 0.6 is 15.9 Å². The Kier molecular flexibility index (Phi) is 15.6. The highest BCUT2D eigenvalue weighted by atomic mass is 79.9. The molecule has 0 unspecified atom stereocenters. The third-order valence-corrected chi connectivity index (χ3v) is 7.49. The quantitative estimate of drug-likeness (QED) is 0.213. The van der Waals surface area contributed by atoms with Crippen LogP contribution in [0.25, 0.3) is 0 Å². The number of anilines is 3. The van der Waals surface area contributed by atoms with Crippen molar-refractivity contribution < 1.29 is 37.2 Å². The largest absolute Gasteiger partial charge is 0.395 e. The molecule has 0 amide bonds. The van der Waals surface area contributed by atoms with E-state index in [1.54, 1.807) is 17.0 Å². The molecule has 0 spiro atoms. The smallest absolute Gasteiger partial charge is 0.327 e. The average molecular weight is 730 g/mol. The summed E-state index contributed by atoms with van der Waals surface area (Å²) in [6, 6.07) is 12.9. The molecule has 3 saturated heterocycles. The van der Waals surface area contributed by atoms with E-state index in [1.165, 1.54) is 24.3 Å². The summed E-state index contributed by atoms with van der Waals surface area (Å²) in [5.74, 6) is -1.98. The van der Waals surface area contributed by atoms with Crippen molar-refractivity contribution in [1.82, 2.24) is 5.32 Å². The highest BCUT2D eigenvalue weighted by Crippen LogP contribution is 2.31. The number of nitrogens with two attached hydrogens (primary N) is 1. The van der Waals surface area contributed by atoms with Gasteiger partial charge in [-0.2, -0.15) is 8.78 Å². The number of hydrogen-bond donors (Lipinski definition) is 2. The number of nitro benzene ring substituents is 2. The molecule has 0 aromatic heterocycles. The Hall–Kier alpha value is -4.03. The van der Waals surface area contributed by atoms with Crippen LogP contribution in [0.4, 0.5) is 41.6 Å². The van der Waals surface area contributed by atoms with Crippen molar-refractivity contribution in [2.24, 2.45) is 0 Å². The van der Waals surface area contributed by atoms with E-state index in [0.717, 1.165) is 57.2 Å². The fraction of sp³-hybridized carbons (Fsp3) is 0.400. The number of morpholine rings is 3. The first-order valence-electron chi connectivity index (χ1n) is 14.6. The number of ether oxygens (including phenoxy) is 3. The van der Waals surface area contributed by atoms with Gasteiger partial charge in [0.2, 0.25) is 11.6 Å². The van der Waals surface area contributed by atoms with E-state index < -0.39 is 32.9 Å². The maximum absolute atomic E-state index is 13.4. The van der Waals surface area contributed by atoms with Gasteiger partial charge in [-0.1, -0.05) is 18.2 Å². The molecule has 0 radical (unpaired) electrons. The maximum Gasteiger partial charge on any atom is 0.327 e. The van der Waals surface area contributed by atoms with E-state index in [9.17, 15) is 33.4 Å². The molecule has 256 valence electrons. The van der Waals surface area contributed by atoms with Crippen LogP contribution in [0, 0.1) is 37.7 Å². The number of rotatable bonds is 4. The summed E-state index contributed by atoms with van der Waals surface area (Å²) in [5.41, 5.74) is 6.01. The minimum absolute atomic E-state index is 0.155. The number of nitrogen functional groups attached to an aromatic ring is 1. The Labute approximate surface area is 277 Å². The standard InChI is InChI=1S/C10H11FN2O3.C10H13FN2O.C6H3BrFNO2.C4H9NO/c11-8-2-1-3-9(10(8)13(14)15)12-4-6-16-7-5-12;11-8-2-1-3-9(10(8)12)13-4-6-14-7-5-13;7-4-2-1-3-5(8)6(4)9(10)11;1-3-6-4-2-5-1/h1-3H,4-7H2;1-3H,4-7,12H2;1-3H;5H,1-4H2. The molecule has 6 rings (SSSR count). The summed E-state index contributed by atoms with van der Waals surface area (Å²) < 4.78 is 54.7. The number of halogens is 4. The first kappa shape index (κ1) is 37.4. The minimum atomic E-state index is -0.829. The molecule has 0 bridgehead atoms. The van der Waals surface area contributed by atoms with Crippen molar-refractivity contribution in [3.05, 3.63) is 96.8 Å². The molecule has 3 N–H and O–H groups in total. The first-order valence-corrected chi connectivity index (χ1v) is 15.4. The van der Waals surface area contributed by atoms with Crippen molar-refractivity contribution in [2.45, 2.75) is 0 Å². The molecule has 17 heteroatoms. The van der Waals surface area contributed by atoms with E-state index in [-0.39, 0.29) is 16.0 Å². The zero-order valence-corrected chi connectivity index (χ0v) is 27.0. The van der Waals surface area contributed by atoms with E-state index in [2.05, 4.69) is 21.2 Å². The van der Waals surface area contributed by atoms with Gasteiger partial charge in [-0.25, -0.2) is 4.39 Å². The van der Waals surface area contributed by atoms with E-state index in [0.29, 0.717) is 45.2 Å². The summed E-state index contributed by atoms with van der Waals surface area (Å²) in [5, 5.41) is 24.1. The van der Waals surface area contributed by atoms with Crippen LogP contribution in [0.5, 0.6) is 0 Å². The zero-order valence-electron chi connectivity index (χ0n) is 25.4. The molecule has 3 aromatic carbocycles. The predicted octanol–water partition coefficient (Wildman–Crippen LogP) is 4.92. The Morgan fingerprint density at radius 2 is 1.09 bits per heavy atom. The number of benzene rings is 3. The van der Waals surface area contributed by atoms with Crippen molar-refractivity contribution in [2.75, 3.05) is 94.4 Å². The number of para-hydroxylation sites is 3. The van der Waals surface area contributed by atoms with Gasteiger partial charge in [0.05, 0.1) is 65.3 Å². The van der Waals surface area contributed by atoms with Crippen LogP contribution in [0.3, 0.4) is 0 Å². The molecule has 3 aromatic rings. The van der Waals surface area contributed by atoms with E-state index >= 15 is 0 Å². The first-order chi connectivity index (χ1) is 22.6. The Morgan fingerprint density at radius 1 is 0.660 bits per heavy atom. The molecule has 3 aliphatic heterocycles. The van der Waals surface area contributed by atoms with Crippen molar-refractivity contribution >= 4 is 44.4 Å². The van der Waals surface area contributed by atoms with Crippen molar-refractivity contribution in [3.63, 3.8) is 0 Å². The molecule has 3 aliphatic rings. The summed E-state index contributed by atoms with van der Waals surface area (Å²) in [4.78, 5) is 23.3. The van der Waals surface area contributed by atoms with Gasteiger partial charge in [-0.05, 0) is 52.3 Å². The van der Waals surface area contributed by atoms with Gasteiger partial charge in [0.15, 0.2) is 0 Å². The van der Waals surface area contributed by atoms with Crippen LogP contribution in [0.2, 0.25) is 0 Å². The normalized spacial score (nSPS) is 15.9. The number of nitrogens with zero attached hydrogens (tertiary/aromatic N) is 4. The van der Waals surface area contributed by atoms with Gasteiger partial charge in [-0.3, -0.25) is 20.2 Å². The molecule has 0 aliphatic carbocycles. The van der Waals surface area contributed by atoms with Gasteiger partial charge in [-0.15, -0.1) is 0 Å². The summed E-state index contributed by atoms with van der Waals surface area (Å²) >= 11 is 2.87. The van der Waals surface area contributed by atoms with Crippen molar-refractivity contribution in [1.29, 1.82) is 0 Å². The fourth-order valence-electron chi connectivity index (χ4n) is 4.53. The number of nitrogens with one attached hydrogen (secondary N) is 1. The highest BCUT2D eigenvalue weighted by molar-refractivity contribution is 9.10. The second-order valence-electron chi connectivity index (χ2n) is 9.93. The third kappa shape index (κ3) is 11.6. The second-order valence-corrected chi connectivity index (χ2v) is 10.8. The lowest BCUT2D eigenvalue weighted by molar-refractivity contribution is -0.388. The Balaban J connectivity index is 0.000000178. The van der Waals surface area contributed by atoms with E-state index in [1.807, 2.05) is 11.0 Å². The summed E-state index contributed by atoms with van der Waals surface area (Å²) in [7, 11) is 0. The van der Waals surface area contributed by atoms with Crippen LogP contribution in [0.1, 0.15) is 0 Å². The lowest BCUT2D eigenvalue weighted by Crippen LogP contribution is -2.36.